The lowest BCUT2D eigenvalue weighted by Gasteiger charge is -2.27. The largest absolute Gasteiger partial charge is 0.361 e. The fourth-order valence-corrected chi connectivity index (χ4v) is 3.80. The van der Waals surface area contributed by atoms with E-state index in [0.717, 1.165) is 30.0 Å². The van der Waals surface area contributed by atoms with Crippen molar-refractivity contribution < 1.29 is 9.32 Å². The molecule has 0 aliphatic carbocycles. The molecular weight excluding hydrogens is 342 g/mol. The highest BCUT2D eigenvalue weighted by molar-refractivity contribution is 6.32. The first-order valence-corrected chi connectivity index (χ1v) is 9.34. The molecule has 2 N–H and O–H groups in total. The molecule has 1 amide bonds. The summed E-state index contributed by atoms with van der Waals surface area (Å²) in [7, 11) is 0. The maximum atomic E-state index is 12.3. The van der Waals surface area contributed by atoms with Crippen LogP contribution in [0.25, 0.3) is 6.08 Å². The number of nitrogens with zero attached hydrogens (tertiary/aromatic N) is 3. The Morgan fingerprint density at radius 1 is 1.26 bits per heavy atom. The number of aromatic amines is 1. The molecule has 1 unspecified atom stereocenters. The van der Waals surface area contributed by atoms with Gasteiger partial charge in [-0.15, -0.1) is 0 Å². The fraction of sp³-hybridized carbons (Fsp3) is 0.450. The summed E-state index contributed by atoms with van der Waals surface area (Å²) < 4.78 is 5.13. The van der Waals surface area contributed by atoms with Crippen molar-refractivity contribution in [3.05, 3.63) is 45.6 Å². The van der Waals surface area contributed by atoms with E-state index in [4.69, 9.17) is 4.52 Å². The molecule has 0 aromatic carbocycles. The van der Waals surface area contributed by atoms with Gasteiger partial charge in [0.1, 0.15) is 17.2 Å². The summed E-state index contributed by atoms with van der Waals surface area (Å²) in [6.45, 7) is 14.5. The highest BCUT2D eigenvalue weighted by Crippen LogP contribution is 2.30. The van der Waals surface area contributed by atoms with Crippen molar-refractivity contribution >= 4 is 17.7 Å². The smallest absolute Gasteiger partial charge is 0.273 e. The second kappa shape index (κ2) is 7.52. The van der Waals surface area contributed by atoms with E-state index in [-0.39, 0.29) is 5.91 Å². The van der Waals surface area contributed by atoms with Crippen LogP contribution >= 0.6 is 0 Å². The van der Waals surface area contributed by atoms with Crippen LogP contribution in [-0.4, -0.2) is 39.7 Å². The third-order valence-electron chi connectivity index (χ3n) is 5.24. The second-order valence-corrected chi connectivity index (χ2v) is 6.88. The Kier molecular flexibility index (Phi) is 5.32. The molecule has 2 aromatic heterocycles. The number of rotatable bonds is 6. The summed E-state index contributed by atoms with van der Waals surface area (Å²) in [6.07, 6.45) is 1.85. The monoisotopic (exact) mass is 369 g/mol. The maximum Gasteiger partial charge on any atom is 0.273 e. The summed E-state index contributed by atoms with van der Waals surface area (Å²) in [5.41, 5.74) is 8.52. The Hall–Kier alpha value is -2.67. The van der Waals surface area contributed by atoms with Crippen LogP contribution in [0, 0.1) is 20.8 Å². The highest BCUT2D eigenvalue weighted by Gasteiger charge is 2.28. The van der Waals surface area contributed by atoms with E-state index in [1.165, 1.54) is 5.56 Å². The normalized spacial score (nSPS) is 16.9. The molecule has 0 radical (unpaired) electrons. The standard InChI is InChI=1S/C20H27N5O2/c1-7-25(8-2)14(6)18-12(4)16(21-13(18)5)10-15-19(22-23-20(15)26)17-9-11(3)27-24-17/h9-10,14,21H,7-8H2,1-6H3,(H,23,26)/b15-10+. The molecule has 7 nitrogen and oxygen atoms in total. The lowest BCUT2D eigenvalue weighted by molar-refractivity contribution is -0.116. The summed E-state index contributed by atoms with van der Waals surface area (Å²) in [5, 5.41) is 8.12. The number of aromatic nitrogens is 2. The van der Waals surface area contributed by atoms with Crippen LogP contribution in [0.4, 0.5) is 0 Å². The zero-order chi connectivity index (χ0) is 19.7. The maximum absolute atomic E-state index is 12.3. The van der Waals surface area contributed by atoms with Gasteiger partial charge in [-0.05, 0) is 58.0 Å². The van der Waals surface area contributed by atoms with E-state index >= 15 is 0 Å². The van der Waals surface area contributed by atoms with Gasteiger partial charge in [0, 0.05) is 23.5 Å². The quantitative estimate of drug-likeness (QED) is 0.765. The van der Waals surface area contributed by atoms with Gasteiger partial charge in [-0.2, -0.15) is 5.10 Å². The minimum Gasteiger partial charge on any atom is -0.361 e. The van der Waals surface area contributed by atoms with Crippen molar-refractivity contribution in [3.8, 4) is 0 Å². The molecule has 1 aliphatic heterocycles. The average Bonchev–Trinajstić information content (AvgIpc) is 3.28. The number of hydrogen-bond acceptors (Lipinski definition) is 5. The van der Waals surface area contributed by atoms with Crippen LogP contribution in [-0.2, 0) is 4.79 Å². The number of carbonyl (C=O) groups is 1. The Morgan fingerprint density at radius 2 is 1.96 bits per heavy atom. The Bertz CT molecular complexity index is 915. The number of nitrogens with one attached hydrogen (secondary N) is 2. The lowest BCUT2D eigenvalue weighted by atomic mass is 10.00. The first-order chi connectivity index (χ1) is 12.9. The molecule has 3 rings (SSSR count). The molecular formula is C20H27N5O2. The van der Waals surface area contributed by atoms with Crippen molar-refractivity contribution in [2.24, 2.45) is 5.10 Å². The SMILES string of the molecule is CCN(CC)C(C)c1c(C)[nH]c(/C=C2/C(=O)NN=C2c2cc(C)on2)c1C. The van der Waals surface area contributed by atoms with Crippen LogP contribution in [0.2, 0.25) is 0 Å². The van der Waals surface area contributed by atoms with Crippen molar-refractivity contribution in [2.45, 2.75) is 47.6 Å². The average molecular weight is 369 g/mol. The van der Waals surface area contributed by atoms with Gasteiger partial charge in [-0.25, -0.2) is 5.43 Å². The summed E-state index contributed by atoms with van der Waals surface area (Å²) >= 11 is 0. The van der Waals surface area contributed by atoms with E-state index < -0.39 is 0 Å². The molecule has 0 spiro atoms. The third kappa shape index (κ3) is 3.47. The lowest BCUT2D eigenvalue weighted by Crippen LogP contribution is -2.27. The van der Waals surface area contributed by atoms with Crippen molar-refractivity contribution in [3.63, 3.8) is 0 Å². The zero-order valence-electron chi connectivity index (χ0n) is 16.8. The number of carbonyl (C=O) groups excluding carboxylic acids is 1. The minimum absolute atomic E-state index is 0.240. The molecule has 0 fully saturated rings. The van der Waals surface area contributed by atoms with Gasteiger partial charge < -0.3 is 9.51 Å². The third-order valence-corrected chi connectivity index (χ3v) is 5.24. The zero-order valence-corrected chi connectivity index (χ0v) is 16.8. The molecule has 0 saturated heterocycles. The molecule has 7 heteroatoms. The number of H-pyrrole nitrogens is 1. The first kappa shape index (κ1) is 19.1. The van der Waals surface area contributed by atoms with E-state index in [9.17, 15) is 4.79 Å². The van der Waals surface area contributed by atoms with Gasteiger partial charge in [0.15, 0.2) is 0 Å². The number of hydrogen-bond donors (Lipinski definition) is 2. The van der Waals surface area contributed by atoms with E-state index in [1.54, 1.807) is 6.07 Å². The topological polar surface area (TPSA) is 86.5 Å². The second-order valence-electron chi connectivity index (χ2n) is 6.88. The van der Waals surface area contributed by atoms with Crippen LogP contribution in [0.1, 0.15) is 60.8 Å². The van der Waals surface area contributed by atoms with Gasteiger partial charge in [0.25, 0.3) is 5.91 Å². The summed E-state index contributed by atoms with van der Waals surface area (Å²) in [6, 6.07) is 2.07. The van der Waals surface area contributed by atoms with Crippen LogP contribution < -0.4 is 5.43 Å². The van der Waals surface area contributed by atoms with Gasteiger partial charge in [0.2, 0.25) is 0 Å². The Morgan fingerprint density at radius 3 is 2.56 bits per heavy atom. The first-order valence-electron chi connectivity index (χ1n) is 9.34. The summed E-state index contributed by atoms with van der Waals surface area (Å²) in [5.74, 6) is 0.435. The fourth-order valence-electron chi connectivity index (χ4n) is 3.80. The molecule has 1 aliphatic rings. The predicted molar refractivity (Wildman–Crippen MR) is 105 cm³/mol. The van der Waals surface area contributed by atoms with Gasteiger partial charge in [-0.1, -0.05) is 19.0 Å². The predicted octanol–water partition coefficient (Wildman–Crippen LogP) is 3.25. The van der Waals surface area contributed by atoms with Crippen LogP contribution in [0.5, 0.6) is 0 Å². The molecule has 1 atom stereocenters. The molecule has 144 valence electrons. The van der Waals surface area contributed by atoms with Gasteiger partial charge >= 0.3 is 0 Å². The minimum atomic E-state index is -0.240. The van der Waals surface area contributed by atoms with Crippen molar-refractivity contribution in [1.82, 2.24) is 20.5 Å². The van der Waals surface area contributed by atoms with Crippen LogP contribution in [0.15, 0.2) is 21.3 Å². The van der Waals surface area contributed by atoms with Gasteiger partial charge in [-0.3, -0.25) is 9.69 Å². The number of amides is 1. The summed E-state index contributed by atoms with van der Waals surface area (Å²) in [4.78, 5) is 18.2. The van der Waals surface area contributed by atoms with Crippen molar-refractivity contribution in [1.29, 1.82) is 0 Å². The Balaban J connectivity index is 2.00. The van der Waals surface area contributed by atoms with E-state index in [0.29, 0.717) is 28.8 Å². The Labute approximate surface area is 159 Å². The van der Waals surface area contributed by atoms with Crippen LogP contribution in [0.3, 0.4) is 0 Å². The molecule has 3 heterocycles. The highest BCUT2D eigenvalue weighted by atomic mass is 16.5. The molecule has 2 aromatic rings. The van der Waals surface area contributed by atoms with E-state index in [1.807, 2.05) is 13.0 Å². The van der Waals surface area contributed by atoms with Gasteiger partial charge in [0.05, 0.1) is 5.57 Å². The molecule has 0 saturated carbocycles. The molecule has 0 bridgehead atoms. The molecule has 27 heavy (non-hydrogen) atoms. The number of hydrazone groups is 1. The van der Waals surface area contributed by atoms with Crippen molar-refractivity contribution in [2.75, 3.05) is 13.1 Å². The number of aryl methyl sites for hydroxylation is 2. The van der Waals surface area contributed by atoms with E-state index in [2.05, 4.69) is 60.2 Å².